The molecule has 0 saturated carbocycles. The highest BCUT2D eigenvalue weighted by atomic mass is 35.5. The number of rotatable bonds is 5. The van der Waals surface area contributed by atoms with Gasteiger partial charge in [-0.05, 0) is 43.0 Å². The lowest BCUT2D eigenvalue weighted by molar-refractivity contribution is -0.148. The summed E-state index contributed by atoms with van der Waals surface area (Å²) in [6.45, 7) is 1.40. The molecule has 0 radical (unpaired) electrons. The number of amides is 1. The Labute approximate surface area is 140 Å². The maximum atomic E-state index is 11.8. The summed E-state index contributed by atoms with van der Waals surface area (Å²) in [7, 11) is -3.02. The first-order chi connectivity index (χ1) is 10.7. The van der Waals surface area contributed by atoms with Crippen molar-refractivity contribution in [1.82, 2.24) is 0 Å². The van der Waals surface area contributed by atoms with Gasteiger partial charge in [0.15, 0.2) is 16.4 Å². The van der Waals surface area contributed by atoms with Crippen molar-refractivity contribution in [3.63, 3.8) is 0 Å². The van der Waals surface area contributed by atoms with E-state index in [4.69, 9.17) is 16.3 Å². The number of nitrogens with one attached hydrogen (secondary N) is 1. The molecule has 0 aromatic heterocycles. The number of carbonyl (C=O) groups excluding carboxylic acids is 2. The second-order valence-corrected chi connectivity index (χ2v) is 8.31. The van der Waals surface area contributed by atoms with E-state index in [1.165, 1.54) is 0 Å². The fourth-order valence-corrected chi connectivity index (χ4v) is 4.52. The lowest BCUT2D eigenvalue weighted by Gasteiger charge is -2.10. The topological polar surface area (TPSA) is 89.5 Å². The van der Waals surface area contributed by atoms with Gasteiger partial charge in [0.1, 0.15) is 0 Å². The summed E-state index contributed by atoms with van der Waals surface area (Å²) in [6, 6.07) is 5.03. The Morgan fingerprint density at radius 1 is 1.39 bits per heavy atom. The maximum absolute atomic E-state index is 11.8. The molecule has 23 heavy (non-hydrogen) atoms. The van der Waals surface area contributed by atoms with E-state index >= 15 is 0 Å². The third-order valence-corrected chi connectivity index (χ3v) is 5.68. The molecule has 1 aromatic rings. The molecule has 1 N–H and O–H groups in total. The number of ether oxygens (including phenoxy) is 1. The number of anilines is 1. The summed E-state index contributed by atoms with van der Waals surface area (Å²) in [5.41, 5.74) is 1.39. The number of esters is 1. The fourth-order valence-electron chi connectivity index (χ4n) is 2.43. The van der Waals surface area contributed by atoms with Crippen LogP contribution in [0.1, 0.15) is 18.4 Å². The van der Waals surface area contributed by atoms with E-state index in [-0.39, 0.29) is 23.8 Å². The molecule has 6 nitrogen and oxygen atoms in total. The second kappa shape index (κ2) is 7.31. The molecule has 1 aliphatic rings. The van der Waals surface area contributed by atoms with E-state index in [9.17, 15) is 18.0 Å². The molecule has 0 aliphatic carbocycles. The number of sulfone groups is 1. The molecule has 8 heteroatoms. The van der Waals surface area contributed by atoms with E-state index in [1.807, 2.05) is 0 Å². The SMILES string of the molecule is Cc1cc(Cl)ccc1NC(=O)COC(=O)C[C@H]1CCS(=O)(=O)C1. The van der Waals surface area contributed by atoms with Crippen LogP contribution in [0.3, 0.4) is 0 Å². The predicted octanol–water partition coefficient (Wildman–Crippen LogP) is 1.95. The Hall–Kier alpha value is -1.60. The van der Waals surface area contributed by atoms with Crippen molar-refractivity contribution >= 4 is 39.0 Å². The minimum Gasteiger partial charge on any atom is -0.456 e. The molecule has 126 valence electrons. The van der Waals surface area contributed by atoms with E-state index in [0.717, 1.165) is 5.56 Å². The summed E-state index contributed by atoms with van der Waals surface area (Å²) in [5, 5.41) is 3.20. The Bertz CT molecular complexity index is 717. The lowest BCUT2D eigenvalue weighted by atomic mass is 10.1. The molecule has 1 heterocycles. The highest BCUT2D eigenvalue weighted by Gasteiger charge is 2.29. The molecule has 1 atom stereocenters. The first-order valence-corrected chi connectivity index (χ1v) is 9.37. The number of aryl methyl sites for hydroxylation is 1. The average molecular weight is 360 g/mol. The van der Waals surface area contributed by atoms with Gasteiger partial charge >= 0.3 is 5.97 Å². The van der Waals surface area contributed by atoms with E-state index in [0.29, 0.717) is 17.1 Å². The van der Waals surface area contributed by atoms with Crippen molar-refractivity contribution in [1.29, 1.82) is 0 Å². The first-order valence-electron chi connectivity index (χ1n) is 7.17. The van der Waals surface area contributed by atoms with Crippen molar-refractivity contribution in [3.05, 3.63) is 28.8 Å². The van der Waals surface area contributed by atoms with Gasteiger partial charge in [0.05, 0.1) is 11.5 Å². The largest absolute Gasteiger partial charge is 0.456 e. The maximum Gasteiger partial charge on any atom is 0.306 e. The van der Waals surface area contributed by atoms with Crippen LogP contribution in [0.2, 0.25) is 5.02 Å². The van der Waals surface area contributed by atoms with Gasteiger partial charge in [-0.25, -0.2) is 8.42 Å². The summed E-state index contributed by atoms with van der Waals surface area (Å²) in [4.78, 5) is 23.4. The zero-order valence-corrected chi connectivity index (χ0v) is 14.2. The van der Waals surface area contributed by atoms with Crippen LogP contribution in [0.15, 0.2) is 18.2 Å². The quantitative estimate of drug-likeness (QED) is 0.811. The van der Waals surface area contributed by atoms with Crippen LogP contribution in [0.25, 0.3) is 0 Å². The Balaban J connectivity index is 1.77. The van der Waals surface area contributed by atoms with Gasteiger partial charge in [-0.15, -0.1) is 0 Å². The Kier molecular flexibility index (Phi) is 5.64. The minimum absolute atomic E-state index is 0.0122. The van der Waals surface area contributed by atoms with Crippen LogP contribution in [0.5, 0.6) is 0 Å². The minimum atomic E-state index is -3.02. The van der Waals surface area contributed by atoms with Crippen molar-refractivity contribution in [3.8, 4) is 0 Å². The van der Waals surface area contributed by atoms with Gasteiger partial charge in [0, 0.05) is 17.1 Å². The molecule has 1 aliphatic heterocycles. The lowest BCUT2D eigenvalue weighted by Crippen LogP contribution is -2.22. The van der Waals surface area contributed by atoms with Crippen LogP contribution in [0, 0.1) is 12.8 Å². The molecule has 0 bridgehead atoms. The van der Waals surface area contributed by atoms with Gasteiger partial charge in [-0.1, -0.05) is 11.6 Å². The Morgan fingerprint density at radius 3 is 2.74 bits per heavy atom. The van der Waals surface area contributed by atoms with Crippen LogP contribution in [-0.4, -0.2) is 38.4 Å². The molecule has 0 unspecified atom stereocenters. The Morgan fingerprint density at radius 2 is 2.13 bits per heavy atom. The zero-order chi connectivity index (χ0) is 17.0. The van der Waals surface area contributed by atoms with Crippen molar-refractivity contribution in [2.24, 2.45) is 5.92 Å². The highest BCUT2D eigenvalue weighted by Crippen LogP contribution is 2.22. The normalized spacial score (nSPS) is 19.3. The molecule has 2 rings (SSSR count). The highest BCUT2D eigenvalue weighted by molar-refractivity contribution is 7.91. The van der Waals surface area contributed by atoms with Crippen LogP contribution < -0.4 is 5.32 Å². The van der Waals surface area contributed by atoms with Gasteiger partial charge in [-0.3, -0.25) is 9.59 Å². The zero-order valence-electron chi connectivity index (χ0n) is 12.7. The molecule has 1 amide bonds. The predicted molar refractivity (Wildman–Crippen MR) is 87.2 cm³/mol. The molecule has 1 aromatic carbocycles. The summed E-state index contributed by atoms with van der Waals surface area (Å²) >= 11 is 5.83. The van der Waals surface area contributed by atoms with Gasteiger partial charge in [-0.2, -0.15) is 0 Å². The van der Waals surface area contributed by atoms with Crippen molar-refractivity contribution < 1.29 is 22.7 Å². The third-order valence-electron chi connectivity index (χ3n) is 3.61. The molecule has 1 fully saturated rings. The average Bonchev–Trinajstić information content (AvgIpc) is 2.79. The molecular formula is C15H18ClNO5S. The first kappa shape index (κ1) is 17.7. The molecular weight excluding hydrogens is 342 g/mol. The van der Waals surface area contributed by atoms with Crippen LogP contribution in [0.4, 0.5) is 5.69 Å². The van der Waals surface area contributed by atoms with Crippen LogP contribution >= 0.6 is 11.6 Å². The summed E-state index contributed by atoms with van der Waals surface area (Å²) in [6.07, 6.45) is 0.486. The van der Waals surface area contributed by atoms with Crippen molar-refractivity contribution in [2.45, 2.75) is 19.8 Å². The second-order valence-electron chi connectivity index (χ2n) is 5.64. The third kappa shape index (κ3) is 5.51. The molecule has 1 saturated heterocycles. The molecule has 0 spiro atoms. The van der Waals surface area contributed by atoms with Gasteiger partial charge in [0.2, 0.25) is 0 Å². The number of halogens is 1. The number of carbonyl (C=O) groups is 2. The van der Waals surface area contributed by atoms with E-state index < -0.39 is 28.3 Å². The van der Waals surface area contributed by atoms with Gasteiger partial charge < -0.3 is 10.1 Å². The summed E-state index contributed by atoms with van der Waals surface area (Å²) in [5.74, 6) is -1.11. The van der Waals surface area contributed by atoms with Gasteiger partial charge in [0.25, 0.3) is 5.91 Å². The monoisotopic (exact) mass is 359 g/mol. The fraction of sp³-hybridized carbons (Fsp3) is 0.467. The van der Waals surface area contributed by atoms with Crippen molar-refractivity contribution in [2.75, 3.05) is 23.4 Å². The van der Waals surface area contributed by atoms with E-state index in [2.05, 4.69) is 5.32 Å². The standard InChI is InChI=1S/C15H18ClNO5S/c1-10-6-12(16)2-3-13(10)17-14(18)8-22-15(19)7-11-4-5-23(20,21)9-11/h2-3,6,11H,4-5,7-9H2,1H3,(H,17,18)/t11-/m1/s1. The number of hydrogen-bond donors (Lipinski definition) is 1. The summed E-state index contributed by atoms with van der Waals surface area (Å²) < 4.78 is 27.5. The number of benzene rings is 1. The smallest absolute Gasteiger partial charge is 0.306 e. The van der Waals surface area contributed by atoms with Crippen LogP contribution in [-0.2, 0) is 24.2 Å². The van der Waals surface area contributed by atoms with E-state index in [1.54, 1.807) is 25.1 Å². The number of hydrogen-bond acceptors (Lipinski definition) is 5.